The van der Waals surface area contributed by atoms with Crippen LogP contribution in [0.1, 0.15) is 12.0 Å². The number of carbonyl (C=O) groups is 1. The summed E-state index contributed by atoms with van der Waals surface area (Å²) in [6.45, 7) is 0.733. The second-order valence-corrected chi connectivity index (χ2v) is 5.08. The maximum atomic E-state index is 11.8. The van der Waals surface area contributed by atoms with Gasteiger partial charge in [0.2, 0.25) is 5.91 Å². The molecule has 1 fully saturated rings. The van der Waals surface area contributed by atoms with E-state index in [-0.39, 0.29) is 18.5 Å². The van der Waals surface area contributed by atoms with Crippen LogP contribution in [0.3, 0.4) is 0 Å². The summed E-state index contributed by atoms with van der Waals surface area (Å²) in [7, 11) is 0. The van der Waals surface area contributed by atoms with Crippen molar-refractivity contribution in [2.45, 2.75) is 25.1 Å². The lowest BCUT2D eigenvalue weighted by Crippen LogP contribution is -2.40. The van der Waals surface area contributed by atoms with Crippen molar-refractivity contribution in [2.75, 3.05) is 6.54 Å². The van der Waals surface area contributed by atoms with Gasteiger partial charge in [-0.25, -0.2) is 0 Å². The molecule has 1 aromatic rings. The number of halogens is 2. The molecule has 98 valence electrons. The molecule has 6 heteroatoms. The normalized spacial score (nSPS) is 23.1. The predicted molar refractivity (Wildman–Crippen MR) is 70.7 cm³/mol. The van der Waals surface area contributed by atoms with E-state index in [0.717, 1.165) is 0 Å². The number of β-amino-alcohol motifs (C(OH)–C–C–N with tert-alkyl or cyclic N) is 1. The lowest BCUT2D eigenvalue weighted by molar-refractivity contribution is -0.123. The Hall–Kier alpha value is -0.810. The Labute approximate surface area is 115 Å². The second kappa shape index (κ2) is 5.89. The first-order chi connectivity index (χ1) is 8.58. The van der Waals surface area contributed by atoms with Crippen LogP contribution in [0, 0.1) is 0 Å². The van der Waals surface area contributed by atoms with E-state index in [1.807, 2.05) is 0 Å². The van der Waals surface area contributed by atoms with Crippen LogP contribution >= 0.6 is 23.2 Å². The molecule has 0 spiro atoms. The predicted octanol–water partition coefficient (Wildman–Crippen LogP) is 1.33. The lowest BCUT2D eigenvalue weighted by Gasteiger charge is -2.12. The van der Waals surface area contributed by atoms with E-state index in [1.54, 1.807) is 18.2 Å². The van der Waals surface area contributed by atoms with E-state index in [9.17, 15) is 9.90 Å². The van der Waals surface area contributed by atoms with Crippen LogP contribution in [-0.4, -0.2) is 29.7 Å². The molecular formula is C12H14Cl2N2O2. The van der Waals surface area contributed by atoms with Crippen molar-refractivity contribution in [3.63, 3.8) is 0 Å². The van der Waals surface area contributed by atoms with Gasteiger partial charge < -0.3 is 15.7 Å². The Morgan fingerprint density at radius 3 is 2.67 bits per heavy atom. The summed E-state index contributed by atoms with van der Waals surface area (Å²) < 4.78 is 0. The molecule has 2 rings (SSSR count). The SMILES string of the molecule is O=C(NCc1c(Cl)cccc1Cl)[C@@H]1C[C@@H](O)CN1. The molecule has 18 heavy (non-hydrogen) atoms. The molecule has 4 nitrogen and oxygen atoms in total. The highest BCUT2D eigenvalue weighted by Gasteiger charge is 2.27. The Kier molecular flexibility index (Phi) is 4.45. The third-order valence-corrected chi connectivity index (χ3v) is 3.63. The molecule has 0 unspecified atom stereocenters. The van der Waals surface area contributed by atoms with Crippen LogP contribution in [0.15, 0.2) is 18.2 Å². The monoisotopic (exact) mass is 288 g/mol. The fourth-order valence-corrected chi connectivity index (χ4v) is 2.45. The van der Waals surface area contributed by atoms with Gasteiger partial charge in [-0.3, -0.25) is 4.79 Å². The molecule has 0 radical (unpaired) electrons. The molecule has 1 amide bonds. The largest absolute Gasteiger partial charge is 0.392 e. The number of nitrogens with one attached hydrogen (secondary N) is 2. The van der Waals surface area contributed by atoms with Gasteiger partial charge in [0.05, 0.1) is 12.1 Å². The molecular weight excluding hydrogens is 275 g/mol. The zero-order valence-corrected chi connectivity index (χ0v) is 11.1. The van der Waals surface area contributed by atoms with Gasteiger partial charge in [0.1, 0.15) is 0 Å². The van der Waals surface area contributed by atoms with Crippen LogP contribution < -0.4 is 10.6 Å². The number of amides is 1. The van der Waals surface area contributed by atoms with E-state index in [4.69, 9.17) is 23.2 Å². The average molecular weight is 289 g/mol. The highest BCUT2D eigenvalue weighted by atomic mass is 35.5. The first kappa shape index (κ1) is 13.6. The van der Waals surface area contributed by atoms with Crippen molar-refractivity contribution >= 4 is 29.1 Å². The summed E-state index contributed by atoms with van der Waals surface area (Å²) in [4.78, 5) is 11.8. The van der Waals surface area contributed by atoms with Gasteiger partial charge in [0, 0.05) is 28.7 Å². The van der Waals surface area contributed by atoms with Crippen LogP contribution in [-0.2, 0) is 11.3 Å². The van der Waals surface area contributed by atoms with Crippen molar-refractivity contribution < 1.29 is 9.90 Å². The molecule has 0 bridgehead atoms. The number of hydrogen-bond acceptors (Lipinski definition) is 3. The molecule has 1 aliphatic heterocycles. The van der Waals surface area contributed by atoms with E-state index in [1.165, 1.54) is 0 Å². The summed E-state index contributed by atoms with van der Waals surface area (Å²) in [5.41, 5.74) is 0.702. The first-order valence-corrected chi connectivity index (χ1v) is 6.45. The summed E-state index contributed by atoms with van der Waals surface area (Å²) in [5, 5.41) is 16.1. The van der Waals surface area contributed by atoms with Crippen molar-refractivity contribution in [3.8, 4) is 0 Å². The number of aliphatic hydroxyl groups excluding tert-OH is 1. The Bertz CT molecular complexity index is 433. The number of aliphatic hydroxyl groups is 1. The van der Waals surface area contributed by atoms with Gasteiger partial charge in [0.25, 0.3) is 0 Å². The molecule has 3 N–H and O–H groups in total. The maximum absolute atomic E-state index is 11.8. The average Bonchev–Trinajstić information content (AvgIpc) is 2.75. The minimum absolute atomic E-state index is 0.150. The fourth-order valence-electron chi connectivity index (χ4n) is 1.92. The Balaban J connectivity index is 1.93. The molecule has 1 saturated heterocycles. The van der Waals surface area contributed by atoms with Gasteiger partial charge in [-0.2, -0.15) is 0 Å². The molecule has 2 atom stereocenters. The van der Waals surface area contributed by atoms with Crippen molar-refractivity contribution in [1.82, 2.24) is 10.6 Å². The Morgan fingerprint density at radius 2 is 2.11 bits per heavy atom. The summed E-state index contributed by atoms with van der Waals surface area (Å²) in [6, 6.07) is 4.87. The molecule has 1 aliphatic rings. The summed E-state index contributed by atoms with van der Waals surface area (Å²) >= 11 is 12.0. The number of hydrogen-bond donors (Lipinski definition) is 3. The van der Waals surface area contributed by atoms with E-state index < -0.39 is 6.10 Å². The van der Waals surface area contributed by atoms with Gasteiger partial charge in [-0.15, -0.1) is 0 Å². The van der Waals surface area contributed by atoms with Crippen LogP contribution in [0.4, 0.5) is 0 Å². The third kappa shape index (κ3) is 3.14. The highest BCUT2D eigenvalue weighted by Crippen LogP contribution is 2.23. The van der Waals surface area contributed by atoms with E-state index in [0.29, 0.717) is 28.6 Å². The maximum Gasteiger partial charge on any atom is 0.237 e. The molecule has 0 aliphatic carbocycles. The zero-order chi connectivity index (χ0) is 13.1. The number of benzene rings is 1. The van der Waals surface area contributed by atoms with Gasteiger partial charge in [-0.1, -0.05) is 29.3 Å². The van der Waals surface area contributed by atoms with Gasteiger partial charge in [-0.05, 0) is 18.6 Å². The zero-order valence-electron chi connectivity index (χ0n) is 9.62. The lowest BCUT2D eigenvalue weighted by atomic mass is 10.1. The summed E-state index contributed by atoms with van der Waals surface area (Å²) in [6.07, 6.45) is -0.0214. The number of rotatable bonds is 3. The number of carbonyl (C=O) groups excluding carboxylic acids is 1. The molecule has 0 saturated carbocycles. The first-order valence-electron chi connectivity index (χ1n) is 5.70. The second-order valence-electron chi connectivity index (χ2n) is 4.27. The fraction of sp³-hybridized carbons (Fsp3) is 0.417. The third-order valence-electron chi connectivity index (χ3n) is 2.93. The minimum atomic E-state index is -0.454. The summed E-state index contributed by atoms with van der Waals surface area (Å²) in [5.74, 6) is -0.150. The molecule has 1 heterocycles. The van der Waals surface area contributed by atoms with Crippen molar-refractivity contribution in [2.24, 2.45) is 0 Å². The van der Waals surface area contributed by atoms with Gasteiger partial charge in [0.15, 0.2) is 0 Å². The van der Waals surface area contributed by atoms with E-state index in [2.05, 4.69) is 10.6 Å². The smallest absolute Gasteiger partial charge is 0.237 e. The van der Waals surface area contributed by atoms with Crippen LogP contribution in [0.5, 0.6) is 0 Å². The Morgan fingerprint density at radius 1 is 1.44 bits per heavy atom. The quantitative estimate of drug-likeness (QED) is 0.787. The minimum Gasteiger partial charge on any atom is -0.392 e. The van der Waals surface area contributed by atoms with Crippen molar-refractivity contribution in [3.05, 3.63) is 33.8 Å². The van der Waals surface area contributed by atoms with Crippen LogP contribution in [0.25, 0.3) is 0 Å². The van der Waals surface area contributed by atoms with Crippen molar-refractivity contribution in [1.29, 1.82) is 0 Å². The van der Waals surface area contributed by atoms with Gasteiger partial charge >= 0.3 is 0 Å². The highest BCUT2D eigenvalue weighted by molar-refractivity contribution is 6.36. The molecule has 0 aromatic heterocycles. The van der Waals surface area contributed by atoms with Crippen LogP contribution in [0.2, 0.25) is 10.0 Å². The topological polar surface area (TPSA) is 61.4 Å². The standard InChI is InChI=1S/C12H14Cl2N2O2/c13-9-2-1-3-10(14)8(9)6-16-12(18)11-4-7(17)5-15-11/h1-3,7,11,15,17H,4-6H2,(H,16,18)/t7-,11+/m1/s1. The molecule has 1 aromatic carbocycles. The van der Waals surface area contributed by atoms with E-state index >= 15 is 0 Å².